The Morgan fingerprint density at radius 1 is 0.750 bits per heavy atom. The molecule has 2 aliphatic rings. The smallest absolute Gasteiger partial charge is 0.0678 e. The molecule has 2 aliphatic heterocycles. The molecule has 4 nitrogen and oxygen atoms in total. The molecule has 0 bridgehead atoms. The second kappa shape index (κ2) is 7.21. The third kappa shape index (κ3) is 4.99. The van der Waals surface area contributed by atoms with Gasteiger partial charge in [-0.1, -0.05) is 6.92 Å². The van der Waals surface area contributed by atoms with Gasteiger partial charge in [0.05, 0.1) is 24.4 Å². The topological polar surface area (TPSA) is 24.9 Å². The van der Waals surface area contributed by atoms with Crippen LogP contribution in [0.2, 0.25) is 0 Å². The first-order valence-corrected chi connectivity index (χ1v) is 8.18. The van der Waals surface area contributed by atoms with Crippen molar-refractivity contribution < 1.29 is 9.47 Å². The van der Waals surface area contributed by atoms with Crippen molar-refractivity contribution >= 4 is 0 Å². The van der Waals surface area contributed by atoms with Crippen LogP contribution in [0, 0.1) is 5.92 Å². The Bertz CT molecular complexity index is 252. The van der Waals surface area contributed by atoms with Gasteiger partial charge in [-0.25, -0.2) is 0 Å². The normalized spacial score (nSPS) is 37.5. The molecule has 0 aliphatic carbocycles. The molecule has 0 aromatic heterocycles. The Hall–Kier alpha value is -0.160. The van der Waals surface area contributed by atoms with Crippen LogP contribution in [0.5, 0.6) is 0 Å². The molecule has 4 heteroatoms. The van der Waals surface area contributed by atoms with Gasteiger partial charge in [0.25, 0.3) is 0 Å². The maximum absolute atomic E-state index is 5.81. The van der Waals surface area contributed by atoms with E-state index in [2.05, 4.69) is 44.4 Å². The number of nitrogens with zero attached hydrogens (tertiary/aromatic N) is 2. The Morgan fingerprint density at radius 2 is 1.05 bits per heavy atom. The predicted molar refractivity (Wildman–Crippen MR) is 82.1 cm³/mol. The van der Waals surface area contributed by atoms with Crippen molar-refractivity contribution in [2.75, 3.05) is 39.3 Å². The van der Waals surface area contributed by atoms with Crippen LogP contribution >= 0.6 is 0 Å². The van der Waals surface area contributed by atoms with E-state index in [1.165, 1.54) is 13.1 Å². The highest BCUT2D eigenvalue weighted by Gasteiger charge is 2.26. The lowest BCUT2D eigenvalue weighted by Crippen LogP contribution is -2.50. The fourth-order valence-corrected chi connectivity index (χ4v) is 3.81. The molecule has 0 unspecified atom stereocenters. The van der Waals surface area contributed by atoms with Gasteiger partial charge in [0.1, 0.15) is 0 Å². The van der Waals surface area contributed by atoms with Crippen molar-refractivity contribution in [1.29, 1.82) is 0 Å². The summed E-state index contributed by atoms with van der Waals surface area (Å²) < 4.78 is 11.6. The number of hydrogen-bond acceptors (Lipinski definition) is 4. The highest BCUT2D eigenvalue weighted by Crippen LogP contribution is 2.15. The molecule has 2 fully saturated rings. The predicted octanol–water partition coefficient (Wildman–Crippen LogP) is 1.84. The van der Waals surface area contributed by atoms with Crippen LogP contribution in [0.3, 0.4) is 0 Å². The van der Waals surface area contributed by atoms with Crippen molar-refractivity contribution in [3.05, 3.63) is 0 Å². The summed E-state index contributed by atoms with van der Waals surface area (Å²) in [6.07, 6.45) is 1.48. The number of hydrogen-bond donors (Lipinski definition) is 0. The Labute approximate surface area is 124 Å². The molecule has 4 atom stereocenters. The zero-order valence-corrected chi connectivity index (χ0v) is 13.8. The van der Waals surface area contributed by atoms with Crippen molar-refractivity contribution in [3.8, 4) is 0 Å². The van der Waals surface area contributed by atoms with Gasteiger partial charge in [-0.15, -0.1) is 0 Å². The quantitative estimate of drug-likeness (QED) is 0.786. The van der Waals surface area contributed by atoms with E-state index < -0.39 is 0 Å². The monoisotopic (exact) mass is 284 g/mol. The van der Waals surface area contributed by atoms with Crippen molar-refractivity contribution in [1.82, 2.24) is 9.80 Å². The average Bonchev–Trinajstić information content (AvgIpc) is 2.24. The molecule has 2 heterocycles. The molecule has 0 aromatic carbocycles. The summed E-state index contributed by atoms with van der Waals surface area (Å²) in [4.78, 5) is 5.13. The zero-order valence-electron chi connectivity index (χ0n) is 13.8. The van der Waals surface area contributed by atoms with E-state index in [9.17, 15) is 0 Å². The van der Waals surface area contributed by atoms with Gasteiger partial charge in [-0.2, -0.15) is 0 Å². The largest absolute Gasteiger partial charge is 0.373 e. The molecule has 2 saturated heterocycles. The highest BCUT2D eigenvalue weighted by molar-refractivity contribution is 4.78. The lowest BCUT2D eigenvalue weighted by Gasteiger charge is -2.39. The van der Waals surface area contributed by atoms with Gasteiger partial charge < -0.3 is 9.47 Å². The van der Waals surface area contributed by atoms with Gasteiger partial charge in [0, 0.05) is 39.3 Å². The molecule has 0 radical (unpaired) electrons. The van der Waals surface area contributed by atoms with Crippen LogP contribution in [0.4, 0.5) is 0 Å². The third-order valence-corrected chi connectivity index (χ3v) is 4.13. The van der Waals surface area contributed by atoms with Crippen LogP contribution < -0.4 is 0 Å². The highest BCUT2D eigenvalue weighted by atomic mass is 16.5. The van der Waals surface area contributed by atoms with Crippen LogP contribution in [0.1, 0.15) is 34.6 Å². The Morgan fingerprint density at radius 3 is 1.35 bits per heavy atom. The van der Waals surface area contributed by atoms with E-state index in [-0.39, 0.29) is 0 Å². The summed E-state index contributed by atoms with van der Waals surface area (Å²) in [5.74, 6) is 0.699. The van der Waals surface area contributed by atoms with Crippen LogP contribution in [-0.2, 0) is 9.47 Å². The standard InChI is InChI=1S/C16H32N2O2/c1-12(6-17-8-13(2)19-14(3)9-17)7-18-10-15(4)20-16(5)11-18/h12-16H,6-11H2,1-5H3/t13-,14+,15-,16+. The average molecular weight is 284 g/mol. The minimum Gasteiger partial charge on any atom is -0.373 e. The molecule has 0 spiro atoms. The first kappa shape index (κ1) is 16.2. The number of morpholine rings is 2. The van der Waals surface area contributed by atoms with E-state index >= 15 is 0 Å². The Balaban J connectivity index is 1.75. The minimum atomic E-state index is 0.370. The third-order valence-electron chi connectivity index (χ3n) is 4.13. The minimum absolute atomic E-state index is 0.370. The van der Waals surface area contributed by atoms with E-state index in [0.29, 0.717) is 30.3 Å². The molecule has 20 heavy (non-hydrogen) atoms. The Kier molecular flexibility index (Phi) is 5.84. The lowest BCUT2D eigenvalue weighted by atomic mass is 10.1. The molecular formula is C16H32N2O2. The summed E-state index contributed by atoms with van der Waals surface area (Å²) in [6, 6.07) is 0. The van der Waals surface area contributed by atoms with E-state index in [1.807, 2.05) is 0 Å². The maximum Gasteiger partial charge on any atom is 0.0678 e. The SMILES string of the molecule is CC(CN1C[C@@H](C)O[C@@H](C)C1)CN1C[C@@H](C)O[C@@H](C)C1. The van der Waals surface area contributed by atoms with E-state index in [4.69, 9.17) is 9.47 Å². The van der Waals surface area contributed by atoms with Gasteiger partial charge in [0.2, 0.25) is 0 Å². The molecular weight excluding hydrogens is 252 g/mol. The van der Waals surface area contributed by atoms with E-state index in [1.54, 1.807) is 0 Å². The fourth-order valence-electron chi connectivity index (χ4n) is 3.81. The second-order valence-corrected chi connectivity index (χ2v) is 7.06. The van der Waals surface area contributed by atoms with Crippen molar-refractivity contribution in [2.45, 2.75) is 59.0 Å². The summed E-state index contributed by atoms with van der Waals surface area (Å²) in [7, 11) is 0. The van der Waals surface area contributed by atoms with Gasteiger partial charge in [-0.05, 0) is 33.6 Å². The van der Waals surface area contributed by atoms with Crippen molar-refractivity contribution in [2.24, 2.45) is 5.92 Å². The van der Waals surface area contributed by atoms with Crippen LogP contribution in [0.25, 0.3) is 0 Å². The van der Waals surface area contributed by atoms with E-state index in [0.717, 1.165) is 26.2 Å². The summed E-state index contributed by atoms with van der Waals surface area (Å²) in [5.41, 5.74) is 0. The first-order valence-electron chi connectivity index (χ1n) is 8.18. The lowest BCUT2D eigenvalue weighted by molar-refractivity contribution is -0.0811. The zero-order chi connectivity index (χ0) is 14.7. The summed E-state index contributed by atoms with van der Waals surface area (Å²) in [6.45, 7) is 17.7. The summed E-state index contributed by atoms with van der Waals surface area (Å²) >= 11 is 0. The molecule has 0 amide bonds. The van der Waals surface area contributed by atoms with Crippen molar-refractivity contribution in [3.63, 3.8) is 0 Å². The number of rotatable bonds is 4. The van der Waals surface area contributed by atoms with Crippen LogP contribution in [-0.4, -0.2) is 73.5 Å². The maximum atomic E-state index is 5.81. The molecule has 2 rings (SSSR count). The van der Waals surface area contributed by atoms with Gasteiger partial charge >= 0.3 is 0 Å². The number of ether oxygens (including phenoxy) is 2. The molecule has 0 saturated carbocycles. The van der Waals surface area contributed by atoms with Gasteiger partial charge in [-0.3, -0.25) is 9.80 Å². The second-order valence-electron chi connectivity index (χ2n) is 7.06. The van der Waals surface area contributed by atoms with Crippen LogP contribution in [0.15, 0.2) is 0 Å². The summed E-state index contributed by atoms with van der Waals surface area (Å²) in [5, 5.41) is 0. The molecule has 0 N–H and O–H groups in total. The fraction of sp³-hybridized carbons (Fsp3) is 1.00. The first-order chi connectivity index (χ1) is 9.42. The molecule has 0 aromatic rings. The van der Waals surface area contributed by atoms with Gasteiger partial charge in [0.15, 0.2) is 0 Å². The molecule has 118 valence electrons.